The molecule has 0 spiro atoms. The number of amidine groups is 1. The fourth-order valence-electron chi connectivity index (χ4n) is 5.21. The predicted molar refractivity (Wildman–Crippen MR) is 140 cm³/mol. The van der Waals surface area contributed by atoms with Crippen molar-refractivity contribution in [3.63, 3.8) is 0 Å². The van der Waals surface area contributed by atoms with Gasteiger partial charge in [0.25, 0.3) is 11.5 Å². The molecule has 4 unspecified atom stereocenters. The van der Waals surface area contributed by atoms with E-state index in [0.29, 0.717) is 5.84 Å². The second kappa shape index (κ2) is 9.42. The van der Waals surface area contributed by atoms with E-state index < -0.39 is 29.2 Å². The maximum atomic E-state index is 13.7. The van der Waals surface area contributed by atoms with Crippen LogP contribution in [0.3, 0.4) is 0 Å². The largest absolute Gasteiger partial charge is 0.391 e. The second-order valence-corrected chi connectivity index (χ2v) is 11.2. The molecule has 2 amide bonds. The third-order valence-electron chi connectivity index (χ3n) is 7.26. The van der Waals surface area contributed by atoms with Crippen molar-refractivity contribution in [2.45, 2.75) is 57.7 Å². The topological polar surface area (TPSA) is 128 Å². The van der Waals surface area contributed by atoms with Gasteiger partial charge in [0, 0.05) is 23.9 Å². The number of nitrogens with zero attached hydrogens (tertiary/aromatic N) is 2. The molecule has 5 rings (SSSR count). The standard InChI is InChI=1S/C27H30N4O5S/c1-14(2)22(20-12-21(33)30-36-20)25(34)31-13-18(32)11-19(31)24-28-26(35)27(4,29-24)17-7-5-16(6-8-17)23-15(3)9-10-37-23/h5-10,12,14,18-19,22,32H,11,13H2,1-4H3,(H,30,33)(H,28,29,35). The van der Waals surface area contributed by atoms with E-state index in [-0.39, 0.29) is 36.5 Å². The number of β-amino-alcohol motifs (C(OH)–C–C–N with tert-alkyl or cyclic N) is 1. The summed E-state index contributed by atoms with van der Waals surface area (Å²) < 4.78 is 5.26. The third kappa shape index (κ3) is 4.44. The lowest BCUT2D eigenvalue weighted by Gasteiger charge is -2.29. The van der Waals surface area contributed by atoms with Crippen LogP contribution in [0.25, 0.3) is 10.4 Å². The average Bonchev–Trinajstić information content (AvgIpc) is 3.62. The zero-order valence-corrected chi connectivity index (χ0v) is 22.0. The van der Waals surface area contributed by atoms with Gasteiger partial charge < -0.3 is 19.8 Å². The number of amides is 2. The van der Waals surface area contributed by atoms with E-state index in [0.717, 1.165) is 11.1 Å². The van der Waals surface area contributed by atoms with Gasteiger partial charge in [-0.25, -0.2) is 4.99 Å². The highest BCUT2D eigenvalue weighted by molar-refractivity contribution is 7.13. The molecular formula is C27H30N4O5S. The molecule has 2 aliphatic heterocycles. The van der Waals surface area contributed by atoms with Crippen molar-refractivity contribution in [2.24, 2.45) is 10.9 Å². The molecule has 2 aromatic heterocycles. The number of nitrogens with one attached hydrogen (secondary N) is 2. The Kier molecular flexibility index (Phi) is 6.41. The fourth-order valence-corrected chi connectivity index (χ4v) is 6.14. The van der Waals surface area contributed by atoms with E-state index in [2.05, 4.69) is 28.8 Å². The molecule has 194 valence electrons. The number of H-pyrrole nitrogens is 1. The lowest BCUT2D eigenvalue weighted by molar-refractivity contribution is -0.134. The molecule has 0 radical (unpaired) electrons. The van der Waals surface area contributed by atoms with Gasteiger partial charge in [-0.05, 0) is 47.9 Å². The number of carbonyl (C=O) groups excluding carboxylic acids is 2. The van der Waals surface area contributed by atoms with Crippen LogP contribution in [0.2, 0.25) is 0 Å². The van der Waals surface area contributed by atoms with Crippen LogP contribution < -0.4 is 10.9 Å². The van der Waals surface area contributed by atoms with Crippen molar-refractivity contribution in [3.8, 4) is 10.4 Å². The molecule has 0 bridgehead atoms. The molecule has 1 fully saturated rings. The van der Waals surface area contributed by atoms with Crippen molar-refractivity contribution in [1.29, 1.82) is 0 Å². The van der Waals surface area contributed by atoms with Crippen LogP contribution in [-0.2, 0) is 15.1 Å². The van der Waals surface area contributed by atoms with Crippen molar-refractivity contribution in [2.75, 3.05) is 6.54 Å². The van der Waals surface area contributed by atoms with Crippen molar-refractivity contribution >= 4 is 29.0 Å². The van der Waals surface area contributed by atoms with E-state index in [1.165, 1.54) is 21.4 Å². The number of thiophene rings is 1. The number of benzene rings is 1. The summed E-state index contributed by atoms with van der Waals surface area (Å²) in [5, 5.41) is 17.7. The number of aryl methyl sites for hydroxylation is 1. The number of likely N-dealkylation sites (tertiary alicyclic amines) is 1. The van der Waals surface area contributed by atoms with Gasteiger partial charge in [0.2, 0.25) is 5.91 Å². The molecule has 0 aliphatic carbocycles. The summed E-state index contributed by atoms with van der Waals surface area (Å²) in [6, 6.07) is 10.6. The SMILES string of the molecule is Cc1ccsc1-c1ccc(C2(C)N=C(C3CC(O)CN3C(=O)C(c3cc(=O)[nH]o3)C(C)C)NC2=O)cc1. The predicted octanol–water partition coefficient (Wildman–Crippen LogP) is 3.15. The summed E-state index contributed by atoms with van der Waals surface area (Å²) in [5.74, 6) is -0.860. The van der Waals surface area contributed by atoms with E-state index in [1.807, 2.05) is 38.1 Å². The molecule has 4 heterocycles. The van der Waals surface area contributed by atoms with Crippen LogP contribution in [0.1, 0.15) is 50.0 Å². The highest BCUT2D eigenvalue weighted by Gasteiger charge is 2.48. The van der Waals surface area contributed by atoms with Crippen molar-refractivity contribution in [3.05, 3.63) is 69.0 Å². The summed E-state index contributed by atoms with van der Waals surface area (Å²) in [6.45, 7) is 7.65. The number of aliphatic imine (C=N–C) groups is 1. The van der Waals surface area contributed by atoms with Crippen LogP contribution >= 0.6 is 11.3 Å². The summed E-state index contributed by atoms with van der Waals surface area (Å²) >= 11 is 1.67. The van der Waals surface area contributed by atoms with Gasteiger partial charge in [0.05, 0.1) is 12.1 Å². The highest BCUT2D eigenvalue weighted by atomic mass is 32.1. The molecule has 1 saturated heterocycles. The van der Waals surface area contributed by atoms with Gasteiger partial charge in [0.1, 0.15) is 11.8 Å². The first kappa shape index (κ1) is 25.2. The minimum absolute atomic E-state index is 0.0990. The molecule has 3 N–H and O–H groups in total. The Morgan fingerprint density at radius 2 is 1.97 bits per heavy atom. The molecule has 0 saturated carbocycles. The first-order chi connectivity index (χ1) is 17.6. The minimum Gasteiger partial charge on any atom is -0.391 e. The number of rotatable bonds is 6. The maximum absolute atomic E-state index is 13.7. The molecule has 9 nitrogen and oxygen atoms in total. The number of aliphatic hydroxyl groups excluding tert-OH is 1. The van der Waals surface area contributed by atoms with Crippen molar-refractivity contribution in [1.82, 2.24) is 15.4 Å². The van der Waals surface area contributed by atoms with E-state index in [4.69, 9.17) is 9.52 Å². The van der Waals surface area contributed by atoms with Crippen LogP contribution in [0.4, 0.5) is 0 Å². The molecule has 2 aliphatic rings. The normalized spacial score (nSPS) is 24.4. The van der Waals surface area contributed by atoms with Gasteiger partial charge in [-0.15, -0.1) is 11.3 Å². The molecule has 37 heavy (non-hydrogen) atoms. The van der Waals surface area contributed by atoms with Gasteiger partial charge in [0.15, 0.2) is 11.3 Å². The Morgan fingerprint density at radius 1 is 1.24 bits per heavy atom. The first-order valence-electron chi connectivity index (χ1n) is 12.3. The zero-order chi connectivity index (χ0) is 26.5. The third-order valence-corrected chi connectivity index (χ3v) is 8.32. The van der Waals surface area contributed by atoms with Gasteiger partial charge in [-0.2, -0.15) is 5.16 Å². The van der Waals surface area contributed by atoms with Crippen molar-refractivity contribution < 1.29 is 19.2 Å². The molecule has 4 atom stereocenters. The Bertz CT molecular complexity index is 1420. The van der Waals surface area contributed by atoms with E-state index >= 15 is 0 Å². The summed E-state index contributed by atoms with van der Waals surface area (Å²) in [6.07, 6.45) is -0.515. The van der Waals surface area contributed by atoms with Crippen LogP contribution in [0.5, 0.6) is 0 Å². The average molecular weight is 523 g/mol. The number of aliphatic hydroxyl groups is 1. The fraction of sp³-hybridized carbons (Fsp3) is 0.407. The zero-order valence-electron chi connectivity index (χ0n) is 21.1. The molecule has 10 heteroatoms. The summed E-state index contributed by atoms with van der Waals surface area (Å²) in [5.41, 5.74) is 1.43. The molecule has 3 aromatic rings. The molecular weight excluding hydrogens is 492 g/mol. The molecule has 1 aromatic carbocycles. The van der Waals surface area contributed by atoms with E-state index in [9.17, 15) is 19.5 Å². The number of carbonyl (C=O) groups is 2. The quantitative estimate of drug-likeness (QED) is 0.458. The first-order valence-corrected chi connectivity index (χ1v) is 13.2. The lowest BCUT2D eigenvalue weighted by atomic mass is 9.91. The Balaban J connectivity index is 1.44. The van der Waals surface area contributed by atoms with Crippen LogP contribution in [0, 0.1) is 12.8 Å². The maximum Gasteiger partial charge on any atom is 0.280 e. The van der Waals surface area contributed by atoms with Gasteiger partial charge in [-0.1, -0.05) is 38.1 Å². The number of hydrogen-bond acceptors (Lipinski definition) is 7. The number of aromatic nitrogens is 1. The van der Waals surface area contributed by atoms with Crippen LogP contribution in [-0.4, -0.2) is 51.5 Å². The van der Waals surface area contributed by atoms with E-state index in [1.54, 1.807) is 18.3 Å². The minimum atomic E-state index is -1.16. The lowest BCUT2D eigenvalue weighted by Crippen LogP contribution is -2.48. The van der Waals surface area contributed by atoms with Gasteiger partial charge in [-0.3, -0.25) is 14.4 Å². The Hall–Kier alpha value is -3.50. The summed E-state index contributed by atoms with van der Waals surface area (Å²) in [4.78, 5) is 46.0. The van der Waals surface area contributed by atoms with Gasteiger partial charge >= 0.3 is 0 Å². The second-order valence-electron chi connectivity index (χ2n) is 10.3. The Morgan fingerprint density at radius 3 is 2.57 bits per heavy atom. The number of hydrogen-bond donors (Lipinski definition) is 3. The highest BCUT2D eigenvalue weighted by Crippen LogP contribution is 2.36. The number of aromatic amines is 1. The van der Waals surface area contributed by atoms with Crippen LogP contribution in [0.15, 0.2) is 56.1 Å². The smallest absolute Gasteiger partial charge is 0.280 e. The monoisotopic (exact) mass is 522 g/mol. The summed E-state index contributed by atoms with van der Waals surface area (Å²) in [7, 11) is 0. The Labute approximate surface area is 218 Å².